The quantitative estimate of drug-likeness (QED) is 0.515. The summed E-state index contributed by atoms with van der Waals surface area (Å²) in [6.07, 6.45) is 1.04. The number of carbonyl (C=O) groups is 1. The molecule has 108 valence electrons. The van der Waals surface area contributed by atoms with Gasteiger partial charge in [0.15, 0.2) is 0 Å². The topological polar surface area (TPSA) is 115 Å². The van der Waals surface area contributed by atoms with Crippen LogP contribution in [-0.4, -0.2) is 42.4 Å². The molecule has 0 saturated carbocycles. The van der Waals surface area contributed by atoms with E-state index in [1.807, 2.05) is 6.92 Å². The molecule has 4 N–H and O–H groups in total. The van der Waals surface area contributed by atoms with Crippen LogP contribution in [0, 0.1) is 0 Å². The molecule has 1 atom stereocenters. The first kappa shape index (κ1) is 15.4. The Labute approximate surface area is 112 Å². The highest BCUT2D eigenvalue weighted by atomic mass is 16.5. The minimum absolute atomic E-state index is 0.0223. The summed E-state index contributed by atoms with van der Waals surface area (Å²) in [5.41, 5.74) is 4.93. The van der Waals surface area contributed by atoms with E-state index in [4.69, 9.17) is 14.9 Å². The van der Waals surface area contributed by atoms with Crippen molar-refractivity contribution in [1.82, 2.24) is 15.5 Å². The predicted molar refractivity (Wildman–Crippen MR) is 69.5 cm³/mol. The molecule has 1 unspecified atom stereocenters. The Morgan fingerprint density at radius 3 is 2.95 bits per heavy atom. The van der Waals surface area contributed by atoms with Gasteiger partial charge in [0.2, 0.25) is 11.8 Å². The Morgan fingerprint density at radius 1 is 1.47 bits per heavy atom. The van der Waals surface area contributed by atoms with Crippen LogP contribution >= 0.6 is 0 Å². The number of aromatic nitrogens is 2. The molecule has 1 aromatic rings. The summed E-state index contributed by atoms with van der Waals surface area (Å²) in [7, 11) is 0. The average molecular weight is 271 g/mol. The van der Waals surface area contributed by atoms with E-state index in [0.717, 1.165) is 13.0 Å². The maximum Gasteiger partial charge on any atom is 0.315 e. The Balaban J connectivity index is 2.24. The molecule has 1 aromatic heterocycles. The van der Waals surface area contributed by atoms with Crippen molar-refractivity contribution in [3.63, 3.8) is 0 Å². The summed E-state index contributed by atoms with van der Waals surface area (Å²) in [5, 5.41) is 14.0. The number of ether oxygens (including phenoxy) is 1. The van der Waals surface area contributed by atoms with Gasteiger partial charge in [0.05, 0.1) is 12.6 Å². The number of hydrogen-bond acceptors (Lipinski definition) is 7. The predicted octanol–water partition coefficient (Wildman–Crippen LogP) is 0.0440. The van der Waals surface area contributed by atoms with E-state index >= 15 is 0 Å². The molecule has 8 heteroatoms. The van der Waals surface area contributed by atoms with Gasteiger partial charge < -0.3 is 25.5 Å². The molecule has 1 rings (SSSR count). The molecule has 0 bridgehead atoms. The van der Waals surface area contributed by atoms with Crippen molar-refractivity contribution in [2.45, 2.75) is 26.3 Å². The van der Waals surface area contributed by atoms with Crippen molar-refractivity contribution >= 4 is 11.9 Å². The zero-order chi connectivity index (χ0) is 14.1. The standard InChI is InChI=1S/C11H21N5O3/c1-3-4-13-8(2)10-15-16-11(19-10)14-5-6-18-7-9(12)17/h8,13H,3-7H2,1-2H3,(H2,12,17)(H,14,16). The number of nitrogens with one attached hydrogen (secondary N) is 2. The smallest absolute Gasteiger partial charge is 0.315 e. The number of anilines is 1. The molecule has 0 aliphatic rings. The maximum absolute atomic E-state index is 10.4. The lowest BCUT2D eigenvalue weighted by atomic mass is 10.3. The normalized spacial score (nSPS) is 12.3. The van der Waals surface area contributed by atoms with E-state index in [1.54, 1.807) is 0 Å². The third-order valence-corrected chi connectivity index (χ3v) is 2.28. The van der Waals surface area contributed by atoms with Gasteiger partial charge in [-0.05, 0) is 19.9 Å². The van der Waals surface area contributed by atoms with E-state index in [9.17, 15) is 4.79 Å². The highest BCUT2D eigenvalue weighted by Crippen LogP contribution is 2.13. The first-order chi connectivity index (χ1) is 9.13. The number of primary amides is 1. The molecule has 0 aliphatic carbocycles. The number of nitrogens with two attached hydrogens (primary N) is 1. The van der Waals surface area contributed by atoms with Gasteiger partial charge in [-0.2, -0.15) is 0 Å². The van der Waals surface area contributed by atoms with Crippen molar-refractivity contribution in [1.29, 1.82) is 0 Å². The van der Waals surface area contributed by atoms with Gasteiger partial charge in [-0.15, -0.1) is 5.10 Å². The van der Waals surface area contributed by atoms with Gasteiger partial charge in [0, 0.05) is 6.54 Å². The Hall–Kier alpha value is -1.67. The Morgan fingerprint density at radius 2 is 2.26 bits per heavy atom. The van der Waals surface area contributed by atoms with Gasteiger partial charge >= 0.3 is 6.01 Å². The lowest BCUT2D eigenvalue weighted by Gasteiger charge is -2.07. The summed E-state index contributed by atoms with van der Waals surface area (Å²) < 4.78 is 10.4. The van der Waals surface area contributed by atoms with Gasteiger partial charge in [-0.1, -0.05) is 12.0 Å². The number of nitrogens with zero attached hydrogens (tertiary/aromatic N) is 2. The fourth-order valence-corrected chi connectivity index (χ4v) is 1.33. The van der Waals surface area contributed by atoms with E-state index in [2.05, 4.69) is 27.8 Å². The van der Waals surface area contributed by atoms with Crippen LogP contribution in [0.15, 0.2) is 4.42 Å². The highest BCUT2D eigenvalue weighted by Gasteiger charge is 2.12. The SMILES string of the molecule is CCCNC(C)c1nnc(NCCOCC(N)=O)o1. The minimum Gasteiger partial charge on any atom is -0.406 e. The molecule has 0 fully saturated rings. The van der Waals surface area contributed by atoms with Crippen LogP contribution < -0.4 is 16.4 Å². The fraction of sp³-hybridized carbons (Fsp3) is 0.727. The number of carbonyl (C=O) groups excluding carboxylic acids is 1. The highest BCUT2D eigenvalue weighted by molar-refractivity contribution is 5.74. The van der Waals surface area contributed by atoms with E-state index in [-0.39, 0.29) is 12.6 Å². The summed E-state index contributed by atoms with van der Waals surface area (Å²) in [4.78, 5) is 10.4. The third-order valence-electron chi connectivity index (χ3n) is 2.28. The Bertz CT molecular complexity index is 382. The van der Waals surface area contributed by atoms with Crippen LogP contribution in [0.25, 0.3) is 0 Å². The molecule has 0 spiro atoms. The summed E-state index contributed by atoms with van der Waals surface area (Å²) in [6.45, 7) is 5.66. The molecule has 19 heavy (non-hydrogen) atoms. The van der Waals surface area contributed by atoms with Gasteiger partial charge in [0.1, 0.15) is 6.61 Å². The first-order valence-corrected chi connectivity index (χ1v) is 6.30. The minimum atomic E-state index is -0.490. The second kappa shape index (κ2) is 8.44. The van der Waals surface area contributed by atoms with Crippen LogP contribution in [0.1, 0.15) is 32.2 Å². The van der Waals surface area contributed by atoms with Crippen molar-refractivity contribution in [2.24, 2.45) is 5.73 Å². The molecule has 0 aliphatic heterocycles. The zero-order valence-electron chi connectivity index (χ0n) is 11.3. The largest absolute Gasteiger partial charge is 0.406 e. The molecular weight excluding hydrogens is 250 g/mol. The maximum atomic E-state index is 10.4. The fourth-order valence-electron chi connectivity index (χ4n) is 1.33. The second-order valence-electron chi connectivity index (χ2n) is 4.07. The number of amides is 1. The molecule has 8 nitrogen and oxygen atoms in total. The van der Waals surface area contributed by atoms with Crippen LogP contribution in [0.5, 0.6) is 0 Å². The van der Waals surface area contributed by atoms with Gasteiger partial charge in [-0.3, -0.25) is 4.79 Å². The van der Waals surface area contributed by atoms with Gasteiger partial charge in [-0.25, -0.2) is 0 Å². The zero-order valence-corrected chi connectivity index (χ0v) is 11.3. The van der Waals surface area contributed by atoms with Crippen LogP contribution in [-0.2, 0) is 9.53 Å². The Kier molecular flexibility index (Phi) is 6.83. The molecule has 0 aromatic carbocycles. The van der Waals surface area contributed by atoms with E-state index < -0.39 is 5.91 Å². The lowest BCUT2D eigenvalue weighted by molar-refractivity contribution is -0.122. The molecule has 1 amide bonds. The van der Waals surface area contributed by atoms with Crippen molar-refractivity contribution in [3.05, 3.63) is 5.89 Å². The third kappa shape index (κ3) is 6.16. The monoisotopic (exact) mass is 271 g/mol. The summed E-state index contributed by atoms with van der Waals surface area (Å²) >= 11 is 0. The molecule has 1 heterocycles. The average Bonchev–Trinajstić information content (AvgIpc) is 2.84. The van der Waals surface area contributed by atoms with Crippen molar-refractivity contribution in [2.75, 3.05) is 31.6 Å². The van der Waals surface area contributed by atoms with Crippen LogP contribution in [0.4, 0.5) is 6.01 Å². The summed E-state index contributed by atoms with van der Waals surface area (Å²) in [5.74, 6) is 0.0462. The molecule has 0 radical (unpaired) electrons. The van der Waals surface area contributed by atoms with Crippen molar-refractivity contribution in [3.8, 4) is 0 Å². The van der Waals surface area contributed by atoms with Crippen LogP contribution in [0.3, 0.4) is 0 Å². The summed E-state index contributed by atoms with van der Waals surface area (Å²) in [6, 6.07) is 0.358. The van der Waals surface area contributed by atoms with E-state index in [1.165, 1.54) is 0 Å². The van der Waals surface area contributed by atoms with Crippen LogP contribution in [0.2, 0.25) is 0 Å². The van der Waals surface area contributed by atoms with Gasteiger partial charge in [0.25, 0.3) is 0 Å². The van der Waals surface area contributed by atoms with E-state index in [0.29, 0.717) is 25.1 Å². The number of rotatable bonds is 10. The number of hydrogen-bond donors (Lipinski definition) is 3. The lowest BCUT2D eigenvalue weighted by Crippen LogP contribution is -2.20. The first-order valence-electron chi connectivity index (χ1n) is 6.30. The van der Waals surface area contributed by atoms with Crippen molar-refractivity contribution < 1.29 is 13.9 Å². The molecular formula is C11H21N5O3. The molecule has 0 saturated heterocycles. The second-order valence-corrected chi connectivity index (χ2v) is 4.07.